The van der Waals surface area contributed by atoms with Crippen molar-refractivity contribution in [2.24, 2.45) is 11.5 Å². The average Bonchev–Trinajstić information content (AvgIpc) is 2.01. The number of primary amides is 1. The standard InChI is InChI=1S/C5H10N2O3.2ClH.Ni/c6-3(5(9)10)1-2-4(7)8;;;/h3H,1-2,6H2,(H2,7,8)(H,9,10);2*1H;/q;;;+2/p-2/t3-;;;/m0.../s1. The van der Waals surface area contributed by atoms with Crippen molar-refractivity contribution in [1.29, 1.82) is 0 Å². The zero-order valence-electron chi connectivity index (χ0n) is 6.48. The third-order valence-electron chi connectivity index (χ3n) is 1.02. The number of carboxylic acid groups (broad SMARTS) is 1. The number of hydrogen-bond acceptors (Lipinski definition) is 3. The van der Waals surface area contributed by atoms with Crippen LogP contribution in [-0.4, -0.2) is 23.0 Å². The quantitative estimate of drug-likeness (QED) is 0.630. The number of carboxylic acids is 1. The van der Waals surface area contributed by atoms with Gasteiger partial charge in [-0.1, -0.05) is 0 Å². The molecule has 5 N–H and O–H groups in total. The molecule has 0 aliphatic carbocycles. The fraction of sp³-hybridized carbons (Fsp3) is 0.600. The third-order valence-corrected chi connectivity index (χ3v) is 1.02. The molecular formula is C5H10Cl2N2NiO3. The van der Waals surface area contributed by atoms with E-state index in [4.69, 9.17) is 37.0 Å². The van der Waals surface area contributed by atoms with E-state index in [1.165, 1.54) is 0 Å². The Morgan fingerprint density at radius 3 is 2.08 bits per heavy atom. The molecule has 0 radical (unpaired) electrons. The molecule has 0 bridgehead atoms. The van der Waals surface area contributed by atoms with E-state index in [0.29, 0.717) is 12.7 Å². The van der Waals surface area contributed by atoms with Crippen molar-refractivity contribution in [2.45, 2.75) is 18.9 Å². The molecule has 5 nitrogen and oxygen atoms in total. The SMILES string of the molecule is NC(=O)CC[C@H](N)C(=O)O.[Cl][Ni][Cl]. The topological polar surface area (TPSA) is 106 Å². The number of rotatable bonds is 4. The van der Waals surface area contributed by atoms with Crippen molar-refractivity contribution in [2.75, 3.05) is 0 Å². The van der Waals surface area contributed by atoms with Crippen molar-refractivity contribution in [3.05, 3.63) is 0 Å². The Balaban J connectivity index is 0. The summed E-state index contributed by atoms with van der Waals surface area (Å²) in [5.74, 6) is -1.64. The Labute approximate surface area is 90.1 Å². The van der Waals surface area contributed by atoms with Gasteiger partial charge in [-0.25, -0.2) is 0 Å². The molecule has 82 valence electrons. The van der Waals surface area contributed by atoms with Crippen LogP contribution >= 0.6 is 20.4 Å². The van der Waals surface area contributed by atoms with Gasteiger partial charge in [-0.05, 0) is 6.42 Å². The van der Waals surface area contributed by atoms with Crippen LogP contribution in [0.3, 0.4) is 0 Å². The van der Waals surface area contributed by atoms with Gasteiger partial charge in [-0.15, -0.1) is 0 Å². The van der Waals surface area contributed by atoms with Crippen LogP contribution in [0.25, 0.3) is 0 Å². The summed E-state index contributed by atoms with van der Waals surface area (Å²) in [4.78, 5) is 20.1. The maximum absolute atomic E-state index is 10.1. The molecule has 13 heavy (non-hydrogen) atoms. The van der Waals surface area contributed by atoms with Crippen LogP contribution in [0, 0.1) is 0 Å². The van der Waals surface area contributed by atoms with Crippen molar-refractivity contribution in [1.82, 2.24) is 0 Å². The summed E-state index contributed by atoms with van der Waals surface area (Å²) >= 11 is 0.569. The van der Waals surface area contributed by atoms with Gasteiger partial charge in [0.25, 0.3) is 0 Å². The molecule has 0 saturated carbocycles. The van der Waals surface area contributed by atoms with Crippen molar-refractivity contribution < 1.29 is 27.3 Å². The van der Waals surface area contributed by atoms with Gasteiger partial charge in [-0.2, -0.15) is 0 Å². The average molecular weight is 276 g/mol. The summed E-state index contributed by atoms with van der Waals surface area (Å²) in [6, 6.07) is -0.979. The molecule has 8 heteroatoms. The molecule has 0 aromatic carbocycles. The van der Waals surface area contributed by atoms with Gasteiger partial charge in [0.2, 0.25) is 5.91 Å². The van der Waals surface area contributed by atoms with Crippen LogP contribution < -0.4 is 11.5 Å². The van der Waals surface area contributed by atoms with Crippen LogP contribution in [0.2, 0.25) is 0 Å². The zero-order chi connectivity index (χ0) is 10.9. The van der Waals surface area contributed by atoms with Crippen molar-refractivity contribution in [3.8, 4) is 0 Å². The summed E-state index contributed by atoms with van der Waals surface area (Å²) in [6.45, 7) is 0. The van der Waals surface area contributed by atoms with Crippen molar-refractivity contribution in [3.63, 3.8) is 0 Å². The van der Waals surface area contributed by atoms with Gasteiger partial charge in [-0.3, -0.25) is 9.59 Å². The number of nitrogens with two attached hydrogens (primary N) is 2. The summed E-state index contributed by atoms with van der Waals surface area (Å²) in [6.07, 6.45) is 0.123. The second-order valence-electron chi connectivity index (χ2n) is 1.99. The van der Waals surface area contributed by atoms with E-state index in [0.717, 1.165) is 0 Å². The Hall–Kier alpha value is -0.0265. The normalized spacial score (nSPS) is 11.3. The first-order valence-electron chi connectivity index (χ1n) is 3.04. The number of carbonyl (C=O) groups is 2. The minimum atomic E-state index is -1.11. The Kier molecular flexibility index (Phi) is 11.9. The predicted molar refractivity (Wildman–Crippen MR) is 45.7 cm³/mol. The van der Waals surface area contributed by atoms with Gasteiger partial charge < -0.3 is 16.6 Å². The van der Waals surface area contributed by atoms with Crippen LogP contribution in [0.15, 0.2) is 0 Å². The van der Waals surface area contributed by atoms with Crippen LogP contribution in [0.1, 0.15) is 12.8 Å². The molecule has 0 saturated heterocycles. The summed E-state index contributed by atoms with van der Waals surface area (Å²) in [5, 5.41) is 8.22. The van der Waals surface area contributed by atoms with E-state index >= 15 is 0 Å². The van der Waals surface area contributed by atoms with E-state index in [2.05, 4.69) is 0 Å². The molecule has 0 heterocycles. The zero-order valence-corrected chi connectivity index (χ0v) is 8.98. The molecular weight excluding hydrogens is 266 g/mol. The van der Waals surface area contributed by atoms with Gasteiger partial charge >= 0.3 is 39.0 Å². The molecule has 0 aliphatic heterocycles. The Morgan fingerprint density at radius 1 is 1.46 bits per heavy atom. The molecule has 0 spiro atoms. The second kappa shape index (κ2) is 10.1. The first-order valence-corrected chi connectivity index (χ1v) is 5.76. The molecule has 0 rings (SSSR count). The van der Waals surface area contributed by atoms with E-state index < -0.39 is 17.9 Å². The van der Waals surface area contributed by atoms with Crippen LogP contribution in [0.5, 0.6) is 0 Å². The minimum absolute atomic E-state index is 0.0213. The predicted octanol–water partition coefficient (Wildman–Crippen LogP) is 0.0403. The van der Waals surface area contributed by atoms with Gasteiger partial charge in [0.1, 0.15) is 6.04 Å². The van der Waals surface area contributed by atoms with E-state index in [1.54, 1.807) is 0 Å². The molecule has 0 fully saturated rings. The number of halogens is 2. The van der Waals surface area contributed by atoms with Gasteiger partial charge in [0.05, 0.1) is 0 Å². The van der Waals surface area contributed by atoms with Crippen LogP contribution in [-0.2, 0) is 22.2 Å². The van der Waals surface area contributed by atoms with E-state index in [9.17, 15) is 9.59 Å². The Morgan fingerprint density at radius 2 is 1.85 bits per heavy atom. The second-order valence-corrected chi connectivity index (χ2v) is 3.63. The summed E-state index contributed by atoms with van der Waals surface area (Å²) in [5.41, 5.74) is 9.81. The molecule has 0 aromatic heterocycles. The summed E-state index contributed by atoms with van der Waals surface area (Å²) in [7, 11) is 9.40. The number of hydrogen-bond donors (Lipinski definition) is 3. The van der Waals surface area contributed by atoms with Gasteiger partial charge in [0, 0.05) is 6.42 Å². The third kappa shape index (κ3) is 14.8. The first-order chi connectivity index (χ1) is 5.95. The monoisotopic (exact) mass is 274 g/mol. The molecule has 0 unspecified atom stereocenters. The molecule has 0 aliphatic rings. The Bertz CT molecular complexity index is 170. The maximum atomic E-state index is 10.1. The molecule has 0 aromatic rings. The fourth-order valence-electron chi connectivity index (χ4n) is 0.421. The first kappa shape index (κ1) is 15.4. The fourth-order valence-corrected chi connectivity index (χ4v) is 0.421. The number of amides is 1. The summed E-state index contributed by atoms with van der Waals surface area (Å²) < 4.78 is 0. The molecule has 1 amide bonds. The van der Waals surface area contributed by atoms with E-state index in [1.807, 2.05) is 0 Å². The van der Waals surface area contributed by atoms with Crippen molar-refractivity contribution >= 4 is 32.3 Å². The van der Waals surface area contributed by atoms with E-state index in [-0.39, 0.29) is 12.8 Å². The number of aliphatic carboxylic acids is 1. The molecule has 1 atom stereocenters. The van der Waals surface area contributed by atoms with Gasteiger partial charge in [0.15, 0.2) is 0 Å². The number of carbonyl (C=O) groups excluding carboxylic acids is 1. The van der Waals surface area contributed by atoms with Crippen LogP contribution in [0.4, 0.5) is 0 Å².